The molecule has 0 bridgehead atoms. The molecule has 4 N–H and O–H groups in total. The molecule has 8 nitrogen and oxygen atoms in total. The Balaban J connectivity index is 1.73. The summed E-state index contributed by atoms with van der Waals surface area (Å²) in [5, 5.41) is 17.0. The van der Waals surface area contributed by atoms with Crippen LogP contribution >= 0.6 is 0 Å². The van der Waals surface area contributed by atoms with Gasteiger partial charge in [-0.15, -0.1) is 5.10 Å². The first-order chi connectivity index (χ1) is 15.0. The highest BCUT2D eigenvalue weighted by atomic mass is 19.1. The molecule has 3 aromatic rings. The number of nitrogens with zero attached hydrogens (tertiary/aromatic N) is 3. The average Bonchev–Trinajstić information content (AvgIpc) is 3.15. The fraction of sp³-hybridized carbons (Fsp3) is 0.227. The van der Waals surface area contributed by atoms with Gasteiger partial charge in [0.25, 0.3) is 0 Å². The molecule has 1 aliphatic rings. The molecule has 1 aromatic heterocycles. The summed E-state index contributed by atoms with van der Waals surface area (Å²) in [6, 6.07) is 10.9. The molecule has 1 amide bonds. The topological polar surface area (TPSA) is 115 Å². The highest BCUT2D eigenvalue weighted by molar-refractivity contribution is 5.94. The monoisotopic (exact) mass is 423 g/mol. The van der Waals surface area contributed by atoms with Crippen LogP contribution < -0.4 is 15.8 Å². The molecule has 1 unspecified atom stereocenters. The van der Waals surface area contributed by atoms with Gasteiger partial charge in [-0.25, -0.2) is 14.1 Å². The van der Waals surface area contributed by atoms with Crippen molar-refractivity contribution in [3.05, 3.63) is 71.4 Å². The molecule has 0 spiro atoms. The molecule has 2 heterocycles. The maximum Gasteiger partial charge on any atom is 0.248 e. The third-order valence-electron chi connectivity index (χ3n) is 4.99. The third kappa shape index (κ3) is 4.32. The first kappa shape index (κ1) is 20.7. The lowest BCUT2D eigenvalue weighted by Gasteiger charge is -2.24. The van der Waals surface area contributed by atoms with E-state index < -0.39 is 11.7 Å². The van der Waals surface area contributed by atoms with Crippen molar-refractivity contribution in [1.82, 2.24) is 15.0 Å². The van der Waals surface area contributed by atoms with E-state index in [1.54, 1.807) is 35.1 Å². The molecule has 0 saturated heterocycles. The lowest BCUT2D eigenvalue weighted by atomic mass is 10.0. The second-order valence-corrected chi connectivity index (χ2v) is 7.20. The Hall–Kier alpha value is -3.56. The Morgan fingerprint density at radius 1 is 1.35 bits per heavy atom. The zero-order chi connectivity index (χ0) is 22.0. The zero-order valence-corrected chi connectivity index (χ0v) is 16.9. The van der Waals surface area contributed by atoms with Crippen molar-refractivity contribution < 1.29 is 19.0 Å². The van der Waals surface area contributed by atoms with E-state index in [4.69, 9.17) is 10.5 Å². The summed E-state index contributed by atoms with van der Waals surface area (Å²) in [6.45, 7) is 2.14. The van der Waals surface area contributed by atoms with E-state index in [0.717, 1.165) is 11.1 Å². The summed E-state index contributed by atoms with van der Waals surface area (Å²) in [4.78, 5) is 16.1. The normalized spacial score (nSPS) is 15.3. The van der Waals surface area contributed by atoms with E-state index in [0.29, 0.717) is 41.7 Å². The van der Waals surface area contributed by atoms with Crippen LogP contribution in [-0.4, -0.2) is 39.7 Å². The molecular weight excluding hydrogens is 401 g/mol. The van der Waals surface area contributed by atoms with E-state index in [-0.39, 0.29) is 12.6 Å². The maximum absolute atomic E-state index is 13.6. The number of amides is 1. The number of imidazole rings is 1. The number of primary amides is 1. The maximum atomic E-state index is 13.6. The van der Waals surface area contributed by atoms with Crippen molar-refractivity contribution in [3.63, 3.8) is 0 Å². The first-order valence-corrected chi connectivity index (χ1v) is 9.80. The quantitative estimate of drug-likeness (QED) is 0.563. The minimum absolute atomic E-state index is 0.0327. The van der Waals surface area contributed by atoms with Crippen molar-refractivity contribution in [2.45, 2.75) is 19.4 Å². The fourth-order valence-corrected chi connectivity index (χ4v) is 3.55. The Morgan fingerprint density at radius 2 is 2.19 bits per heavy atom. The zero-order valence-electron chi connectivity index (χ0n) is 16.9. The van der Waals surface area contributed by atoms with E-state index in [9.17, 15) is 14.3 Å². The van der Waals surface area contributed by atoms with Crippen LogP contribution in [0.5, 0.6) is 5.75 Å². The molecule has 0 aliphatic carbocycles. The third-order valence-corrected chi connectivity index (χ3v) is 4.99. The van der Waals surface area contributed by atoms with E-state index in [1.807, 2.05) is 13.0 Å². The van der Waals surface area contributed by atoms with Crippen LogP contribution in [-0.2, 0) is 0 Å². The van der Waals surface area contributed by atoms with Crippen LogP contribution in [0.2, 0.25) is 0 Å². The van der Waals surface area contributed by atoms with Gasteiger partial charge in [-0.05, 0) is 36.8 Å². The molecular formula is C22H22FN5O3. The minimum Gasteiger partial charge on any atom is -0.441 e. The fourth-order valence-electron chi connectivity index (χ4n) is 3.55. The van der Waals surface area contributed by atoms with Crippen molar-refractivity contribution in [2.75, 3.05) is 13.2 Å². The Kier molecular flexibility index (Phi) is 5.79. The Labute approximate surface area is 178 Å². The molecule has 9 heteroatoms. The summed E-state index contributed by atoms with van der Waals surface area (Å²) < 4.78 is 21.1. The SMILES string of the molecule is Cc1cc(-c2cnc3n2N=C(Oc2cccc(F)c2)CC3NCCO)ccc1C(N)=O. The number of nitrogens with two attached hydrogens (primary N) is 1. The molecule has 0 radical (unpaired) electrons. The molecule has 2 aromatic carbocycles. The number of carbonyl (C=O) groups is 1. The summed E-state index contributed by atoms with van der Waals surface area (Å²) in [6.07, 6.45) is 2.07. The number of carbonyl (C=O) groups excluding carboxylic acids is 1. The Bertz CT molecular complexity index is 1160. The van der Waals surface area contributed by atoms with E-state index >= 15 is 0 Å². The number of aryl methyl sites for hydroxylation is 1. The number of aliphatic hydroxyl groups excluding tert-OH is 1. The molecule has 0 fully saturated rings. The highest BCUT2D eigenvalue weighted by Gasteiger charge is 2.28. The van der Waals surface area contributed by atoms with Crippen LogP contribution in [0.4, 0.5) is 4.39 Å². The van der Waals surface area contributed by atoms with Gasteiger partial charge in [0, 0.05) is 30.2 Å². The second-order valence-electron chi connectivity index (χ2n) is 7.20. The van der Waals surface area contributed by atoms with Crippen molar-refractivity contribution >= 4 is 11.8 Å². The summed E-state index contributed by atoms with van der Waals surface area (Å²) in [5.41, 5.74) is 8.10. The van der Waals surface area contributed by atoms with Gasteiger partial charge in [-0.1, -0.05) is 12.1 Å². The minimum atomic E-state index is -0.489. The molecule has 0 saturated carbocycles. The van der Waals surface area contributed by atoms with Gasteiger partial charge in [0.05, 0.1) is 24.5 Å². The number of hydrogen-bond acceptors (Lipinski definition) is 6. The van der Waals surface area contributed by atoms with Gasteiger partial charge in [0.15, 0.2) is 0 Å². The van der Waals surface area contributed by atoms with E-state index in [2.05, 4.69) is 15.4 Å². The molecule has 31 heavy (non-hydrogen) atoms. The van der Waals surface area contributed by atoms with Gasteiger partial charge in [-0.3, -0.25) is 4.79 Å². The lowest BCUT2D eigenvalue weighted by molar-refractivity contribution is 0.0999. The Morgan fingerprint density at radius 3 is 2.90 bits per heavy atom. The largest absolute Gasteiger partial charge is 0.441 e. The van der Waals surface area contributed by atoms with Crippen LogP contribution in [0, 0.1) is 12.7 Å². The standard InChI is InChI=1S/C22H22FN5O3/c1-13-9-14(5-6-17(13)21(24)30)19-12-26-22-18(25-7-8-29)11-20(27-28(19)22)31-16-4-2-3-15(23)10-16/h2-6,9-10,12,18,25,29H,7-8,11H2,1H3,(H2,24,30). The second kappa shape index (κ2) is 8.66. The number of benzene rings is 2. The van der Waals surface area contributed by atoms with Gasteiger partial charge in [-0.2, -0.15) is 0 Å². The summed E-state index contributed by atoms with van der Waals surface area (Å²) >= 11 is 0. The molecule has 160 valence electrons. The number of rotatable bonds is 6. The number of fused-ring (bicyclic) bond motifs is 1. The molecule has 1 aliphatic heterocycles. The number of nitrogens with one attached hydrogen (secondary N) is 1. The number of aromatic nitrogens is 2. The van der Waals surface area contributed by atoms with Gasteiger partial charge in [0.1, 0.15) is 17.4 Å². The van der Waals surface area contributed by atoms with Crippen molar-refractivity contribution in [1.29, 1.82) is 0 Å². The first-order valence-electron chi connectivity index (χ1n) is 9.80. The molecule has 1 atom stereocenters. The van der Waals surface area contributed by atoms with Gasteiger partial charge >= 0.3 is 0 Å². The highest BCUT2D eigenvalue weighted by Crippen LogP contribution is 2.30. The van der Waals surface area contributed by atoms with Crippen LogP contribution in [0.3, 0.4) is 0 Å². The number of aliphatic hydroxyl groups is 1. The van der Waals surface area contributed by atoms with Crippen molar-refractivity contribution in [2.24, 2.45) is 10.8 Å². The van der Waals surface area contributed by atoms with Gasteiger partial charge < -0.3 is 20.9 Å². The smallest absolute Gasteiger partial charge is 0.248 e. The predicted octanol–water partition coefficient (Wildman–Crippen LogP) is 2.36. The average molecular weight is 423 g/mol. The van der Waals surface area contributed by atoms with E-state index in [1.165, 1.54) is 12.1 Å². The molecule has 4 rings (SSSR count). The van der Waals surface area contributed by atoms with Crippen LogP contribution in [0.15, 0.2) is 53.8 Å². The predicted molar refractivity (Wildman–Crippen MR) is 113 cm³/mol. The number of hydrogen-bond donors (Lipinski definition) is 3. The van der Waals surface area contributed by atoms with Crippen LogP contribution in [0.25, 0.3) is 11.3 Å². The van der Waals surface area contributed by atoms with Gasteiger partial charge in [0.2, 0.25) is 11.8 Å². The summed E-state index contributed by atoms with van der Waals surface area (Å²) in [5.74, 6) is 0.477. The van der Waals surface area contributed by atoms with Crippen LogP contribution in [0.1, 0.15) is 34.2 Å². The summed E-state index contributed by atoms with van der Waals surface area (Å²) in [7, 11) is 0. The van der Waals surface area contributed by atoms with Crippen molar-refractivity contribution in [3.8, 4) is 17.0 Å². The lowest BCUT2D eigenvalue weighted by Crippen LogP contribution is -2.33. The number of halogens is 1. The number of ether oxygens (including phenoxy) is 1.